The molecule has 1 atom stereocenters. The first-order valence-electron chi connectivity index (χ1n) is 5.36. The lowest BCUT2D eigenvalue weighted by Gasteiger charge is -2.10. The van der Waals surface area contributed by atoms with Crippen LogP contribution in [0.1, 0.15) is 6.92 Å². The van der Waals surface area contributed by atoms with Gasteiger partial charge in [-0.05, 0) is 53.8 Å². The van der Waals surface area contributed by atoms with Gasteiger partial charge in [0.05, 0.1) is 5.25 Å². The molecule has 0 spiro atoms. The number of nitrogens with zero attached hydrogens (tertiary/aromatic N) is 2. The molecule has 1 amide bonds. The first kappa shape index (κ1) is 14.5. The molecule has 5 nitrogen and oxygen atoms in total. The summed E-state index contributed by atoms with van der Waals surface area (Å²) in [5.74, 6) is -0.0695. The summed E-state index contributed by atoms with van der Waals surface area (Å²) in [5, 5.41) is 10.6. The van der Waals surface area contributed by atoms with Crippen molar-refractivity contribution in [2.45, 2.75) is 16.5 Å². The Balaban J connectivity index is 1.94. The maximum atomic E-state index is 12.0. The molecule has 1 unspecified atom stereocenters. The largest absolute Gasteiger partial charge is 0.374 e. The van der Waals surface area contributed by atoms with Crippen LogP contribution in [0.5, 0.6) is 0 Å². The fourth-order valence-electron chi connectivity index (χ4n) is 1.25. The molecule has 0 bridgehead atoms. The van der Waals surface area contributed by atoms with Crippen LogP contribution in [0.2, 0.25) is 0 Å². The van der Waals surface area contributed by atoms with E-state index < -0.39 is 0 Å². The molecule has 1 aromatic heterocycles. The Hall–Kier alpha value is -0.870. The van der Waals surface area contributed by atoms with Gasteiger partial charge in [0, 0.05) is 9.26 Å². The summed E-state index contributed by atoms with van der Waals surface area (Å²) in [6.07, 6.45) is 0. The second kappa shape index (κ2) is 6.53. The zero-order valence-corrected chi connectivity index (χ0v) is 13.8. The molecule has 3 N–H and O–H groups in total. The lowest BCUT2D eigenvalue weighted by molar-refractivity contribution is -0.115. The molecular formula is C11H11IN4OS2. The molecule has 0 aliphatic carbocycles. The molecule has 1 heterocycles. The van der Waals surface area contributed by atoms with E-state index in [1.54, 1.807) is 0 Å². The first-order valence-corrected chi connectivity index (χ1v) is 8.14. The normalized spacial score (nSPS) is 12.1. The monoisotopic (exact) mass is 406 g/mol. The van der Waals surface area contributed by atoms with Crippen molar-refractivity contribution in [2.75, 3.05) is 11.1 Å². The highest BCUT2D eigenvalue weighted by Gasteiger charge is 2.16. The molecule has 0 aliphatic heterocycles. The van der Waals surface area contributed by atoms with Crippen LogP contribution in [0, 0.1) is 3.57 Å². The molecule has 8 heteroatoms. The van der Waals surface area contributed by atoms with E-state index in [0.717, 1.165) is 9.26 Å². The first-order chi connectivity index (χ1) is 9.04. The second-order valence-electron chi connectivity index (χ2n) is 3.66. The summed E-state index contributed by atoms with van der Waals surface area (Å²) in [4.78, 5) is 12.0. The predicted octanol–water partition coefficient (Wildman–Crippen LogP) is 2.84. The highest BCUT2D eigenvalue weighted by molar-refractivity contribution is 14.1. The van der Waals surface area contributed by atoms with Gasteiger partial charge in [-0.25, -0.2) is 0 Å². The molecule has 0 saturated carbocycles. The molecule has 19 heavy (non-hydrogen) atoms. The average molecular weight is 406 g/mol. The minimum Gasteiger partial charge on any atom is -0.374 e. The molecule has 0 aliphatic rings. The number of nitrogen functional groups attached to an aromatic ring is 1. The van der Waals surface area contributed by atoms with Crippen LogP contribution >= 0.6 is 45.7 Å². The smallest absolute Gasteiger partial charge is 0.237 e. The lowest BCUT2D eigenvalue weighted by atomic mass is 10.3. The number of hydrogen-bond acceptors (Lipinski definition) is 6. The summed E-state index contributed by atoms with van der Waals surface area (Å²) in [6.45, 7) is 1.82. The summed E-state index contributed by atoms with van der Waals surface area (Å²) in [7, 11) is 0. The number of nitrogens with two attached hydrogens (primary N) is 1. The Kier molecular flexibility index (Phi) is 4.99. The van der Waals surface area contributed by atoms with Crippen LogP contribution in [0.15, 0.2) is 28.6 Å². The van der Waals surface area contributed by atoms with Crippen molar-refractivity contribution in [1.29, 1.82) is 0 Å². The summed E-state index contributed by atoms with van der Waals surface area (Å²) >= 11 is 4.84. The second-order valence-corrected chi connectivity index (χ2v) is 7.51. The van der Waals surface area contributed by atoms with Crippen LogP contribution in [0.3, 0.4) is 0 Å². The molecule has 0 radical (unpaired) electrons. The fraction of sp³-hybridized carbons (Fsp3) is 0.182. The van der Waals surface area contributed by atoms with Gasteiger partial charge < -0.3 is 11.1 Å². The molecule has 100 valence electrons. The SMILES string of the molecule is CC(Sc1nnc(N)s1)C(=O)Nc1ccc(I)cc1. The third-order valence-electron chi connectivity index (χ3n) is 2.18. The summed E-state index contributed by atoms with van der Waals surface area (Å²) < 4.78 is 1.82. The van der Waals surface area contributed by atoms with Crippen LogP contribution in [0.4, 0.5) is 10.8 Å². The van der Waals surface area contributed by atoms with E-state index in [-0.39, 0.29) is 11.2 Å². The third-order valence-corrected chi connectivity index (χ3v) is 4.84. The van der Waals surface area contributed by atoms with Crippen LogP contribution in [-0.4, -0.2) is 21.4 Å². The Bertz CT molecular complexity index is 572. The van der Waals surface area contributed by atoms with Crippen molar-refractivity contribution < 1.29 is 4.79 Å². The standard InChI is InChI=1S/C11H11IN4OS2/c1-6(18-11-16-15-10(13)19-11)9(17)14-8-4-2-7(12)3-5-8/h2-6H,1H3,(H2,13,15)(H,14,17). The minimum atomic E-state index is -0.258. The average Bonchev–Trinajstić information content (AvgIpc) is 2.77. The van der Waals surface area contributed by atoms with Crippen molar-refractivity contribution in [2.24, 2.45) is 0 Å². The van der Waals surface area contributed by atoms with E-state index in [4.69, 9.17) is 5.73 Å². The third kappa shape index (κ3) is 4.32. The topological polar surface area (TPSA) is 80.9 Å². The molecular weight excluding hydrogens is 395 g/mol. The lowest BCUT2D eigenvalue weighted by Crippen LogP contribution is -2.22. The number of carbonyl (C=O) groups excluding carboxylic acids is 1. The van der Waals surface area contributed by atoms with E-state index in [9.17, 15) is 4.79 Å². The van der Waals surface area contributed by atoms with Gasteiger partial charge >= 0.3 is 0 Å². The Morgan fingerprint density at radius 3 is 2.68 bits per heavy atom. The summed E-state index contributed by atoms with van der Waals surface area (Å²) in [5.41, 5.74) is 6.29. The quantitative estimate of drug-likeness (QED) is 0.603. The van der Waals surface area contributed by atoms with Crippen LogP contribution in [0.25, 0.3) is 0 Å². The number of anilines is 2. The maximum absolute atomic E-state index is 12.0. The van der Waals surface area contributed by atoms with Crippen molar-refractivity contribution in [3.63, 3.8) is 0 Å². The number of amides is 1. The zero-order chi connectivity index (χ0) is 13.8. The number of carbonyl (C=O) groups is 1. The highest BCUT2D eigenvalue weighted by atomic mass is 127. The van der Waals surface area contributed by atoms with E-state index >= 15 is 0 Å². The minimum absolute atomic E-state index is 0.0695. The van der Waals surface area contributed by atoms with Gasteiger partial charge in [-0.2, -0.15) is 0 Å². The number of rotatable bonds is 4. The Morgan fingerprint density at radius 1 is 1.42 bits per heavy atom. The number of thioether (sulfide) groups is 1. The predicted molar refractivity (Wildman–Crippen MR) is 87.4 cm³/mol. The van der Waals surface area contributed by atoms with Gasteiger partial charge in [-0.15, -0.1) is 10.2 Å². The maximum Gasteiger partial charge on any atom is 0.237 e. The molecule has 1 aromatic carbocycles. The Labute approximate surface area is 132 Å². The molecule has 2 rings (SSSR count). The Morgan fingerprint density at radius 2 is 2.11 bits per heavy atom. The van der Waals surface area contributed by atoms with Crippen molar-refractivity contribution in [3.8, 4) is 0 Å². The number of aromatic nitrogens is 2. The number of nitrogens with one attached hydrogen (secondary N) is 1. The summed E-state index contributed by atoms with van der Waals surface area (Å²) in [6, 6.07) is 7.64. The highest BCUT2D eigenvalue weighted by Crippen LogP contribution is 2.28. The number of benzene rings is 1. The van der Waals surface area contributed by atoms with E-state index in [1.165, 1.54) is 23.1 Å². The van der Waals surface area contributed by atoms with E-state index in [1.807, 2.05) is 31.2 Å². The number of halogens is 1. The fourth-order valence-corrected chi connectivity index (χ4v) is 3.39. The molecule has 2 aromatic rings. The molecule has 0 saturated heterocycles. The van der Waals surface area contributed by atoms with Crippen LogP contribution in [-0.2, 0) is 4.79 Å². The van der Waals surface area contributed by atoms with Gasteiger partial charge in [0.15, 0.2) is 4.34 Å². The van der Waals surface area contributed by atoms with E-state index in [2.05, 4.69) is 38.1 Å². The van der Waals surface area contributed by atoms with E-state index in [0.29, 0.717) is 9.47 Å². The van der Waals surface area contributed by atoms with Gasteiger partial charge in [0.2, 0.25) is 11.0 Å². The molecule has 0 fully saturated rings. The van der Waals surface area contributed by atoms with Gasteiger partial charge in [-0.3, -0.25) is 4.79 Å². The van der Waals surface area contributed by atoms with Crippen molar-refractivity contribution in [1.82, 2.24) is 10.2 Å². The number of hydrogen-bond donors (Lipinski definition) is 2. The van der Waals surface area contributed by atoms with Crippen LogP contribution < -0.4 is 11.1 Å². The zero-order valence-electron chi connectivity index (χ0n) is 9.96. The van der Waals surface area contributed by atoms with Crippen molar-refractivity contribution >= 4 is 62.4 Å². The van der Waals surface area contributed by atoms with Gasteiger partial charge in [-0.1, -0.05) is 23.1 Å². The van der Waals surface area contributed by atoms with Gasteiger partial charge in [0.25, 0.3) is 0 Å². The van der Waals surface area contributed by atoms with Crippen molar-refractivity contribution in [3.05, 3.63) is 27.8 Å². The van der Waals surface area contributed by atoms with Gasteiger partial charge in [0.1, 0.15) is 0 Å².